The highest BCUT2D eigenvalue weighted by molar-refractivity contribution is 5.61. The van der Waals surface area contributed by atoms with Crippen molar-refractivity contribution in [1.82, 2.24) is 9.88 Å². The molecule has 5 nitrogen and oxygen atoms in total. The van der Waals surface area contributed by atoms with Crippen LogP contribution in [0.25, 0.3) is 0 Å². The highest BCUT2D eigenvalue weighted by Crippen LogP contribution is 2.43. The Morgan fingerprint density at radius 1 is 1.16 bits per heavy atom. The summed E-state index contributed by atoms with van der Waals surface area (Å²) in [6, 6.07) is 19.7. The van der Waals surface area contributed by atoms with Gasteiger partial charge < -0.3 is 15.8 Å². The summed E-state index contributed by atoms with van der Waals surface area (Å²) in [6.45, 7) is 4.91. The Morgan fingerprint density at radius 3 is 2.78 bits per heavy atom. The summed E-state index contributed by atoms with van der Waals surface area (Å²) in [5, 5.41) is 3.57. The molecule has 0 aliphatic carbocycles. The molecule has 3 N–H and O–H groups in total. The van der Waals surface area contributed by atoms with E-state index in [1.54, 1.807) is 7.11 Å². The number of pyridine rings is 1. The topological polar surface area (TPSA) is 63.4 Å². The fraction of sp³-hybridized carbons (Fsp3) is 0.370. The summed E-state index contributed by atoms with van der Waals surface area (Å²) >= 11 is 0. The monoisotopic (exact) mass is 428 g/mol. The van der Waals surface area contributed by atoms with E-state index in [0.29, 0.717) is 6.04 Å². The van der Waals surface area contributed by atoms with E-state index in [0.717, 1.165) is 49.6 Å². The van der Waals surface area contributed by atoms with Crippen LogP contribution in [0.15, 0.2) is 60.8 Å². The Balaban J connectivity index is 1.38. The van der Waals surface area contributed by atoms with Gasteiger partial charge in [-0.1, -0.05) is 30.3 Å². The lowest BCUT2D eigenvalue weighted by atomic mass is 9.79. The van der Waals surface area contributed by atoms with E-state index in [1.165, 1.54) is 22.3 Å². The second-order valence-electron chi connectivity index (χ2n) is 9.12. The normalized spacial score (nSPS) is 22.7. The van der Waals surface area contributed by atoms with E-state index in [1.807, 2.05) is 18.3 Å². The van der Waals surface area contributed by atoms with Crippen molar-refractivity contribution in [3.05, 3.63) is 88.7 Å². The molecule has 166 valence electrons. The van der Waals surface area contributed by atoms with Crippen molar-refractivity contribution < 1.29 is 4.74 Å². The number of anilines is 1. The number of benzene rings is 2. The fourth-order valence-electron chi connectivity index (χ4n) is 5.26. The Kier molecular flexibility index (Phi) is 5.85. The maximum atomic E-state index is 6.73. The lowest BCUT2D eigenvalue weighted by Crippen LogP contribution is -2.50. The molecule has 2 aliphatic heterocycles. The Morgan fingerprint density at radius 2 is 2.00 bits per heavy atom. The number of nitrogens with zero attached hydrogens (tertiary/aromatic N) is 2. The van der Waals surface area contributed by atoms with Crippen LogP contribution in [-0.4, -0.2) is 36.1 Å². The minimum atomic E-state index is 0.0957. The summed E-state index contributed by atoms with van der Waals surface area (Å²) in [5.41, 5.74) is 14.2. The first kappa shape index (κ1) is 21.0. The minimum absolute atomic E-state index is 0.0957. The molecule has 1 aromatic heterocycles. The maximum Gasteiger partial charge on any atom is 0.142 e. The second-order valence-corrected chi connectivity index (χ2v) is 9.12. The largest absolute Gasteiger partial charge is 0.495 e. The number of nitrogens with one attached hydrogen (secondary N) is 1. The summed E-state index contributed by atoms with van der Waals surface area (Å²) in [6.07, 6.45) is 3.89. The highest BCUT2D eigenvalue weighted by atomic mass is 16.5. The number of nitrogens with two attached hydrogens (primary N) is 1. The molecule has 0 bridgehead atoms. The highest BCUT2D eigenvalue weighted by Gasteiger charge is 2.39. The number of fused-ring (bicyclic) bond motifs is 3. The van der Waals surface area contributed by atoms with Gasteiger partial charge in [-0.3, -0.25) is 9.88 Å². The number of rotatable bonds is 5. The zero-order valence-electron chi connectivity index (χ0n) is 18.9. The zero-order valence-corrected chi connectivity index (χ0v) is 18.9. The second kappa shape index (κ2) is 8.93. The van der Waals surface area contributed by atoms with Crippen molar-refractivity contribution in [3.63, 3.8) is 0 Å². The van der Waals surface area contributed by atoms with Crippen molar-refractivity contribution in [1.29, 1.82) is 0 Å². The predicted molar refractivity (Wildman–Crippen MR) is 129 cm³/mol. The van der Waals surface area contributed by atoms with Gasteiger partial charge in [0.05, 0.1) is 12.8 Å². The summed E-state index contributed by atoms with van der Waals surface area (Å²) < 4.78 is 5.79. The summed E-state index contributed by atoms with van der Waals surface area (Å²) in [7, 11) is 1.75. The van der Waals surface area contributed by atoms with E-state index in [4.69, 9.17) is 10.5 Å². The van der Waals surface area contributed by atoms with Crippen LogP contribution in [0.5, 0.6) is 5.75 Å². The molecule has 3 aromatic rings. The van der Waals surface area contributed by atoms with E-state index in [9.17, 15) is 0 Å². The zero-order chi connectivity index (χ0) is 22.1. The van der Waals surface area contributed by atoms with Crippen molar-refractivity contribution in [2.45, 2.75) is 44.3 Å². The molecule has 5 heteroatoms. The smallest absolute Gasteiger partial charge is 0.142 e. The van der Waals surface area contributed by atoms with Crippen LogP contribution >= 0.6 is 0 Å². The van der Waals surface area contributed by atoms with Crippen LogP contribution in [-0.2, 0) is 13.0 Å². The van der Waals surface area contributed by atoms with Gasteiger partial charge in [-0.05, 0) is 66.3 Å². The summed E-state index contributed by atoms with van der Waals surface area (Å²) in [5.74, 6) is 1.18. The Hall–Kier alpha value is -2.89. The molecule has 3 atom stereocenters. The molecule has 0 spiro atoms. The molecule has 5 rings (SSSR count). The lowest BCUT2D eigenvalue weighted by Gasteiger charge is -2.46. The van der Waals surface area contributed by atoms with Gasteiger partial charge in [0.15, 0.2) is 0 Å². The first-order chi connectivity index (χ1) is 15.6. The van der Waals surface area contributed by atoms with Gasteiger partial charge in [0.25, 0.3) is 0 Å². The number of ether oxygens (including phenoxy) is 1. The molecule has 3 unspecified atom stereocenters. The van der Waals surface area contributed by atoms with Crippen LogP contribution < -0.4 is 15.8 Å². The third kappa shape index (κ3) is 4.10. The predicted octanol–water partition coefficient (Wildman–Crippen LogP) is 4.42. The standard InChI is InChI=1S/C27H32N4O/c1-18-8-10-29-24(12-18)22-17-31-11-9-20-13-25(30-16-19-6-4-3-5-7-19)27(32-2)14-21(20)26(31)15-23(22)28/h3-8,10,12-14,22-23,26,30H,9,11,15-17,28H2,1-2H3. The van der Waals surface area contributed by atoms with Crippen molar-refractivity contribution in [2.75, 3.05) is 25.5 Å². The summed E-state index contributed by atoms with van der Waals surface area (Å²) in [4.78, 5) is 7.24. The number of piperidine rings is 1. The fourth-order valence-corrected chi connectivity index (χ4v) is 5.26. The quantitative estimate of drug-likeness (QED) is 0.630. The first-order valence-electron chi connectivity index (χ1n) is 11.5. The molecule has 0 saturated carbocycles. The molecule has 2 aromatic carbocycles. The van der Waals surface area contributed by atoms with Crippen LogP contribution in [0.1, 0.15) is 46.3 Å². The maximum absolute atomic E-state index is 6.73. The third-order valence-electron chi connectivity index (χ3n) is 7.02. The molecule has 32 heavy (non-hydrogen) atoms. The van der Waals surface area contributed by atoms with Gasteiger partial charge in [-0.25, -0.2) is 0 Å². The van der Waals surface area contributed by atoms with Crippen LogP contribution in [0.3, 0.4) is 0 Å². The van der Waals surface area contributed by atoms with Gasteiger partial charge in [0.1, 0.15) is 5.75 Å². The molecule has 0 radical (unpaired) electrons. The van der Waals surface area contributed by atoms with E-state index >= 15 is 0 Å². The number of hydrogen-bond donors (Lipinski definition) is 2. The average molecular weight is 429 g/mol. The van der Waals surface area contributed by atoms with E-state index < -0.39 is 0 Å². The molecule has 2 aliphatic rings. The molecule has 1 fully saturated rings. The van der Waals surface area contributed by atoms with Crippen LogP contribution in [0.2, 0.25) is 0 Å². The SMILES string of the molecule is COc1cc2c(cc1NCc1ccccc1)CCN1CC(c3cc(C)ccn3)C(N)CC21. The van der Waals surface area contributed by atoms with Crippen molar-refractivity contribution in [3.8, 4) is 5.75 Å². The van der Waals surface area contributed by atoms with Crippen molar-refractivity contribution in [2.24, 2.45) is 5.73 Å². The van der Waals surface area contributed by atoms with Crippen LogP contribution in [0, 0.1) is 6.92 Å². The number of methoxy groups -OCH3 is 1. The lowest BCUT2D eigenvalue weighted by molar-refractivity contribution is 0.108. The van der Waals surface area contributed by atoms with E-state index in [2.05, 4.69) is 64.6 Å². The van der Waals surface area contributed by atoms with Gasteiger partial charge in [-0.2, -0.15) is 0 Å². The molecule has 3 heterocycles. The van der Waals surface area contributed by atoms with Gasteiger partial charge in [-0.15, -0.1) is 0 Å². The van der Waals surface area contributed by atoms with Gasteiger partial charge >= 0.3 is 0 Å². The molecular weight excluding hydrogens is 396 g/mol. The average Bonchev–Trinajstić information content (AvgIpc) is 2.82. The molecule has 1 saturated heterocycles. The number of aryl methyl sites for hydroxylation is 1. The minimum Gasteiger partial charge on any atom is -0.495 e. The number of aromatic nitrogens is 1. The Labute approximate surface area is 190 Å². The number of hydrogen-bond acceptors (Lipinski definition) is 5. The van der Waals surface area contributed by atoms with E-state index in [-0.39, 0.29) is 12.0 Å². The molecular formula is C27H32N4O. The Bertz CT molecular complexity index is 1080. The molecule has 0 amide bonds. The van der Waals surface area contributed by atoms with Crippen molar-refractivity contribution >= 4 is 5.69 Å². The first-order valence-corrected chi connectivity index (χ1v) is 11.5. The van der Waals surface area contributed by atoms with Gasteiger partial charge in [0.2, 0.25) is 0 Å². The van der Waals surface area contributed by atoms with Gasteiger partial charge in [0, 0.05) is 49.5 Å². The van der Waals surface area contributed by atoms with Crippen LogP contribution in [0.4, 0.5) is 5.69 Å². The third-order valence-corrected chi connectivity index (χ3v) is 7.02.